The van der Waals surface area contributed by atoms with Crippen LogP contribution < -0.4 is 113 Å². The van der Waals surface area contributed by atoms with Crippen molar-refractivity contribution in [3.8, 4) is 0 Å². The predicted octanol–water partition coefficient (Wildman–Crippen LogP) is -5.93. The number of rotatable bonds is 6. The van der Waals surface area contributed by atoms with Gasteiger partial charge in [0.05, 0.1) is 0 Å². The summed E-state index contributed by atoms with van der Waals surface area (Å²) in [6.07, 6.45) is 4.68. The number of aliphatic hydroxyl groups is 1. The third kappa shape index (κ3) is 36.0. The third-order valence-electron chi connectivity index (χ3n) is 1.18. The maximum absolute atomic E-state index is 9.29. The molecule has 0 rings (SSSR count). The summed E-state index contributed by atoms with van der Waals surface area (Å²) in [6.45, 7) is 2.53. The van der Waals surface area contributed by atoms with Gasteiger partial charge in [0.1, 0.15) is 16.5 Å². The monoisotopic (exact) mass is 324 g/mol. The minimum Gasteiger partial charge on any atom is -0.781 e. The van der Waals surface area contributed by atoms with Crippen molar-refractivity contribution in [3.63, 3.8) is 0 Å². The SMILES string of the molecule is CCCCCCO.O=[PH]([O-])O[PH](=O)[O-].[K+].[K+]. The van der Waals surface area contributed by atoms with Gasteiger partial charge in [-0.15, -0.1) is 0 Å². The van der Waals surface area contributed by atoms with E-state index in [1.807, 2.05) is 0 Å². The molecule has 0 saturated carbocycles. The van der Waals surface area contributed by atoms with Gasteiger partial charge in [-0.25, -0.2) is 0 Å². The summed E-state index contributed by atoms with van der Waals surface area (Å²) >= 11 is 0. The molecule has 0 spiro atoms. The zero-order valence-corrected chi connectivity index (χ0v) is 18.3. The van der Waals surface area contributed by atoms with Crippen LogP contribution in [0.5, 0.6) is 0 Å². The molecule has 16 heavy (non-hydrogen) atoms. The smallest absolute Gasteiger partial charge is 0.781 e. The van der Waals surface area contributed by atoms with Crippen molar-refractivity contribution in [1.82, 2.24) is 0 Å². The van der Waals surface area contributed by atoms with Gasteiger partial charge in [0, 0.05) is 6.61 Å². The van der Waals surface area contributed by atoms with Crippen molar-refractivity contribution in [2.24, 2.45) is 0 Å². The fourth-order valence-electron chi connectivity index (χ4n) is 0.607. The fourth-order valence-corrected chi connectivity index (χ4v) is 1.15. The molecular formula is C6H16K2O6P2. The van der Waals surface area contributed by atoms with Gasteiger partial charge in [-0.1, -0.05) is 26.2 Å². The van der Waals surface area contributed by atoms with Crippen molar-refractivity contribution < 1.29 is 131 Å². The molecule has 0 aromatic rings. The molecule has 6 nitrogen and oxygen atoms in total. The first kappa shape index (κ1) is 27.8. The van der Waals surface area contributed by atoms with Crippen molar-refractivity contribution >= 4 is 16.5 Å². The molecule has 88 valence electrons. The molecule has 0 fully saturated rings. The Labute approximate surface area is 183 Å². The van der Waals surface area contributed by atoms with Crippen LogP contribution in [0.15, 0.2) is 0 Å². The van der Waals surface area contributed by atoms with E-state index in [2.05, 4.69) is 11.2 Å². The molecule has 0 amide bonds. The summed E-state index contributed by atoms with van der Waals surface area (Å²) in [5.41, 5.74) is 0. The molecule has 0 radical (unpaired) electrons. The summed E-state index contributed by atoms with van der Waals surface area (Å²) in [4.78, 5) is 18.6. The standard InChI is InChI=1S/C6H14O.2K.H4O5P2/c1-2-3-4-5-6-7;;;1-6(2)5-7(3)4/h7H,2-6H2,1H3;;;6-7H,(H,1,2)(H,3,4)/q;2*+1;/p-2. The van der Waals surface area contributed by atoms with Crippen molar-refractivity contribution in [3.05, 3.63) is 0 Å². The average molecular weight is 324 g/mol. The van der Waals surface area contributed by atoms with E-state index < -0.39 is 16.5 Å². The molecule has 0 aromatic heterocycles. The minimum atomic E-state index is -3.51. The Hall–Kier alpha value is 3.57. The van der Waals surface area contributed by atoms with Crippen LogP contribution in [-0.2, 0) is 13.4 Å². The summed E-state index contributed by atoms with van der Waals surface area (Å²) in [7, 11) is -7.03. The van der Waals surface area contributed by atoms with Crippen molar-refractivity contribution in [2.75, 3.05) is 6.61 Å². The van der Waals surface area contributed by atoms with Gasteiger partial charge < -0.3 is 24.0 Å². The second-order valence-electron chi connectivity index (χ2n) is 2.39. The van der Waals surface area contributed by atoms with E-state index in [1.54, 1.807) is 0 Å². The molecule has 0 aliphatic heterocycles. The number of unbranched alkanes of at least 4 members (excludes halogenated alkanes) is 3. The van der Waals surface area contributed by atoms with Gasteiger partial charge >= 0.3 is 103 Å². The summed E-state index contributed by atoms with van der Waals surface area (Å²) in [5.74, 6) is 0. The van der Waals surface area contributed by atoms with Crippen LogP contribution in [0.2, 0.25) is 0 Å². The Morgan fingerprint density at radius 1 is 1.06 bits per heavy atom. The van der Waals surface area contributed by atoms with Crippen LogP contribution in [0.3, 0.4) is 0 Å². The summed E-state index contributed by atoms with van der Waals surface area (Å²) < 4.78 is 21.8. The molecule has 10 heteroatoms. The van der Waals surface area contributed by atoms with Crippen molar-refractivity contribution in [2.45, 2.75) is 32.6 Å². The normalized spacial score (nSPS) is 12.2. The van der Waals surface area contributed by atoms with Crippen LogP contribution in [-0.4, -0.2) is 11.7 Å². The van der Waals surface area contributed by atoms with Crippen LogP contribution in [0.4, 0.5) is 0 Å². The Kier molecular flexibility index (Phi) is 41.2. The molecule has 0 aliphatic carbocycles. The molecule has 0 saturated heterocycles. The third-order valence-corrected chi connectivity index (χ3v) is 2.51. The van der Waals surface area contributed by atoms with E-state index in [0.717, 1.165) is 6.42 Å². The zero-order valence-electron chi connectivity index (χ0n) is 10.0. The first-order chi connectivity index (χ1) is 6.54. The van der Waals surface area contributed by atoms with Gasteiger partial charge in [-0.2, -0.15) is 0 Å². The Morgan fingerprint density at radius 2 is 1.50 bits per heavy atom. The Morgan fingerprint density at radius 3 is 1.69 bits per heavy atom. The van der Waals surface area contributed by atoms with Gasteiger partial charge in [0.2, 0.25) is 0 Å². The van der Waals surface area contributed by atoms with Crippen molar-refractivity contribution in [1.29, 1.82) is 0 Å². The maximum atomic E-state index is 9.29. The number of hydrogen-bond donors (Lipinski definition) is 1. The van der Waals surface area contributed by atoms with Gasteiger partial charge in [-0.05, 0) is 6.42 Å². The van der Waals surface area contributed by atoms with E-state index in [4.69, 9.17) is 5.11 Å². The molecular weight excluding hydrogens is 308 g/mol. The van der Waals surface area contributed by atoms with E-state index in [1.165, 1.54) is 19.3 Å². The first-order valence-corrected chi connectivity index (χ1v) is 6.70. The second-order valence-corrected chi connectivity index (χ2v) is 4.20. The Bertz CT molecular complexity index is 155. The van der Waals surface area contributed by atoms with Gasteiger partial charge in [0.15, 0.2) is 0 Å². The summed E-state index contributed by atoms with van der Waals surface area (Å²) in [5, 5.41) is 8.29. The molecule has 2 unspecified atom stereocenters. The van der Waals surface area contributed by atoms with Crippen LogP contribution in [0.1, 0.15) is 32.6 Å². The topological polar surface area (TPSA) is 110 Å². The molecule has 2 atom stereocenters. The minimum absolute atomic E-state index is 0. The number of aliphatic hydroxyl groups excluding tert-OH is 1. The van der Waals surface area contributed by atoms with Gasteiger partial charge in [0.25, 0.3) is 0 Å². The largest absolute Gasteiger partial charge is 1.00 e. The quantitative estimate of drug-likeness (QED) is 0.296. The molecule has 0 aliphatic rings. The maximum Gasteiger partial charge on any atom is 1.00 e. The van der Waals surface area contributed by atoms with E-state index >= 15 is 0 Å². The van der Waals surface area contributed by atoms with E-state index in [9.17, 15) is 18.9 Å². The van der Waals surface area contributed by atoms with E-state index in [0.29, 0.717) is 6.61 Å². The fraction of sp³-hybridized carbons (Fsp3) is 1.00. The van der Waals surface area contributed by atoms with E-state index in [-0.39, 0.29) is 103 Å². The molecule has 0 heterocycles. The average Bonchev–Trinajstić information content (AvgIpc) is 2.04. The molecule has 0 aromatic carbocycles. The molecule has 0 bridgehead atoms. The Balaban J connectivity index is -0.0000000800. The predicted molar refractivity (Wildman–Crippen MR) is 50.3 cm³/mol. The molecule has 1 N–H and O–H groups in total. The van der Waals surface area contributed by atoms with Crippen LogP contribution in [0.25, 0.3) is 0 Å². The first-order valence-electron chi connectivity index (χ1n) is 4.25. The second kappa shape index (κ2) is 23.6. The zero-order chi connectivity index (χ0) is 11.4. The van der Waals surface area contributed by atoms with Crippen LogP contribution in [0, 0.1) is 0 Å². The van der Waals surface area contributed by atoms with Gasteiger partial charge in [-0.3, -0.25) is 4.31 Å². The number of hydrogen-bond acceptors (Lipinski definition) is 6. The summed E-state index contributed by atoms with van der Waals surface area (Å²) in [6, 6.07) is 0. The van der Waals surface area contributed by atoms with Crippen LogP contribution >= 0.6 is 16.5 Å².